The number of hydrogen-bond acceptors (Lipinski definition) is 3. The molecule has 0 atom stereocenters. The van der Waals surface area contributed by atoms with E-state index in [1.54, 1.807) is 4.90 Å². The molecule has 0 aliphatic carbocycles. The first kappa shape index (κ1) is 10.9. The van der Waals surface area contributed by atoms with Crippen molar-refractivity contribution in [2.24, 2.45) is 0 Å². The fourth-order valence-corrected chi connectivity index (χ4v) is 2.84. The topological polar surface area (TPSA) is 49.9 Å². The summed E-state index contributed by atoms with van der Waals surface area (Å²) in [5.74, 6) is 1.24. The lowest BCUT2D eigenvalue weighted by molar-refractivity contribution is 0.0440. The van der Waals surface area contributed by atoms with Crippen LogP contribution in [0.3, 0.4) is 0 Å². The van der Waals surface area contributed by atoms with Crippen molar-refractivity contribution < 1.29 is 13.7 Å². The van der Waals surface area contributed by atoms with Gasteiger partial charge in [-0.3, -0.25) is 4.21 Å². The van der Waals surface area contributed by atoms with Gasteiger partial charge in [0.2, 0.25) is 0 Å². The highest BCUT2D eigenvalue weighted by molar-refractivity contribution is 7.85. The van der Waals surface area contributed by atoms with E-state index in [0.29, 0.717) is 50.9 Å². The molecule has 0 aromatic carbocycles. The molecule has 2 aliphatic rings. The lowest BCUT2D eigenvalue weighted by Crippen LogP contribution is -2.51. The quantitative estimate of drug-likeness (QED) is 0.566. The van der Waals surface area contributed by atoms with Crippen LogP contribution in [0.4, 0.5) is 4.79 Å². The van der Waals surface area contributed by atoms with Gasteiger partial charge in [-0.2, -0.15) is 0 Å². The van der Waals surface area contributed by atoms with E-state index in [0.717, 1.165) is 0 Å². The maximum absolute atomic E-state index is 12.0. The number of urea groups is 1. The molecule has 0 radical (unpaired) electrons. The van der Waals surface area contributed by atoms with Crippen LogP contribution in [0.5, 0.6) is 0 Å². The van der Waals surface area contributed by atoms with E-state index in [2.05, 4.69) is 0 Å². The Bertz CT molecular complexity index is 256. The zero-order valence-electron chi connectivity index (χ0n) is 8.68. The molecule has 0 bridgehead atoms. The summed E-state index contributed by atoms with van der Waals surface area (Å²) in [6.07, 6.45) is 0. The number of morpholine rings is 1. The van der Waals surface area contributed by atoms with Gasteiger partial charge in [0.15, 0.2) is 0 Å². The van der Waals surface area contributed by atoms with E-state index in [1.165, 1.54) is 0 Å². The third-order valence-electron chi connectivity index (χ3n) is 2.73. The van der Waals surface area contributed by atoms with E-state index < -0.39 is 10.8 Å². The van der Waals surface area contributed by atoms with Gasteiger partial charge in [0.1, 0.15) is 0 Å². The molecule has 2 saturated heterocycles. The highest BCUT2D eigenvalue weighted by Crippen LogP contribution is 2.06. The maximum atomic E-state index is 12.0. The smallest absolute Gasteiger partial charge is 0.320 e. The Kier molecular flexibility index (Phi) is 3.58. The molecule has 0 aromatic heterocycles. The van der Waals surface area contributed by atoms with Gasteiger partial charge in [-0.25, -0.2) is 4.79 Å². The zero-order chi connectivity index (χ0) is 10.7. The van der Waals surface area contributed by atoms with Gasteiger partial charge in [0.05, 0.1) is 13.2 Å². The van der Waals surface area contributed by atoms with Crippen LogP contribution in [-0.4, -0.2) is 70.9 Å². The van der Waals surface area contributed by atoms with Crippen molar-refractivity contribution in [3.8, 4) is 0 Å². The largest absolute Gasteiger partial charge is 0.378 e. The van der Waals surface area contributed by atoms with Crippen molar-refractivity contribution in [2.75, 3.05) is 50.9 Å². The van der Waals surface area contributed by atoms with Crippen LogP contribution >= 0.6 is 0 Å². The number of hydrogen-bond donors (Lipinski definition) is 0. The molecule has 0 aromatic rings. The average molecular weight is 232 g/mol. The summed E-state index contributed by atoms with van der Waals surface area (Å²) in [5, 5.41) is 0. The monoisotopic (exact) mass is 232 g/mol. The third-order valence-corrected chi connectivity index (χ3v) is 4.01. The second kappa shape index (κ2) is 4.94. The lowest BCUT2D eigenvalue weighted by Gasteiger charge is -2.34. The number of carbonyl (C=O) groups is 1. The summed E-state index contributed by atoms with van der Waals surface area (Å²) in [6, 6.07) is 0.0787. The molecular weight excluding hydrogens is 216 g/mol. The molecule has 6 heteroatoms. The van der Waals surface area contributed by atoms with Crippen LogP contribution in [0.2, 0.25) is 0 Å². The molecule has 2 rings (SSSR count). The predicted molar refractivity (Wildman–Crippen MR) is 57.2 cm³/mol. The fourth-order valence-electron chi connectivity index (χ4n) is 1.78. The molecule has 0 N–H and O–H groups in total. The highest BCUT2D eigenvalue weighted by atomic mass is 32.2. The van der Waals surface area contributed by atoms with E-state index in [9.17, 15) is 9.00 Å². The SMILES string of the molecule is O=C(N1CCOCC1)N1CCS(=O)CC1. The summed E-state index contributed by atoms with van der Waals surface area (Å²) in [7, 11) is -0.719. The van der Waals surface area contributed by atoms with Crippen LogP contribution in [0.25, 0.3) is 0 Å². The van der Waals surface area contributed by atoms with Gasteiger partial charge in [-0.15, -0.1) is 0 Å². The molecule has 15 heavy (non-hydrogen) atoms. The van der Waals surface area contributed by atoms with E-state index in [4.69, 9.17) is 4.74 Å². The fraction of sp³-hybridized carbons (Fsp3) is 0.889. The molecule has 5 nitrogen and oxygen atoms in total. The number of ether oxygens (including phenoxy) is 1. The highest BCUT2D eigenvalue weighted by Gasteiger charge is 2.25. The van der Waals surface area contributed by atoms with Crippen LogP contribution in [0.15, 0.2) is 0 Å². The minimum Gasteiger partial charge on any atom is -0.378 e. The summed E-state index contributed by atoms with van der Waals surface area (Å²) in [4.78, 5) is 15.6. The van der Waals surface area contributed by atoms with Gasteiger partial charge in [-0.1, -0.05) is 0 Å². The second-order valence-corrected chi connectivity index (χ2v) is 5.41. The molecule has 2 heterocycles. The predicted octanol–water partition coefficient (Wildman–Crippen LogP) is -0.497. The van der Waals surface area contributed by atoms with E-state index in [-0.39, 0.29) is 6.03 Å². The van der Waals surface area contributed by atoms with Crippen LogP contribution < -0.4 is 0 Å². The van der Waals surface area contributed by atoms with Crippen LogP contribution in [0, 0.1) is 0 Å². The van der Waals surface area contributed by atoms with Crippen molar-refractivity contribution in [1.29, 1.82) is 0 Å². The molecule has 0 unspecified atom stereocenters. The normalized spacial score (nSPS) is 24.3. The molecule has 2 amide bonds. The summed E-state index contributed by atoms with van der Waals surface area (Å²) >= 11 is 0. The standard InChI is InChI=1S/C9H16N2O3S/c12-9(10-1-5-14-6-2-10)11-3-7-15(13)8-4-11/h1-8H2. The summed E-state index contributed by atoms with van der Waals surface area (Å²) in [5.41, 5.74) is 0. The Balaban J connectivity index is 1.86. The Morgan fingerprint density at radius 3 is 2.13 bits per heavy atom. The number of nitrogens with zero attached hydrogens (tertiary/aromatic N) is 2. The minimum absolute atomic E-state index is 0.0787. The van der Waals surface area contributed by atoms with Crippen molar-refractivity contribution in [2.45, 2.75) is 0 Å². The van der Waals surface area contributed by atoms with Crippen molar-refractivity contribution >= 4 is 16.8 Å². The molecule has 86 valence electrons. The Labute approximate surface area is 91.8 Å². The molecule has 0 spiro atoms. The summed E-state index contributed by atoms with van der Waals surface area (Å²) in [6.45, 7) is 3.87. The lowest BCUT2D eigenvalue weighted by atomic mass is 10.4. The van der Waals surface area contributed by atoms with Crippen molar-refractivity contribution in [1.82, 2.24) is 9.80 Å². The third kappa shape index (κ3) is 2.69. The van der Waals surface area contributed by atoms with Gasteiger partial charge < -0.3 is 14.5 Å². The first-order valence-corrected chi connectivity index (χ1v) is 6.73. The Hall–Kier alpha value is -0.620. The summed E-state index contributed by atoms with van der Waals surface area (Å²) < 4.78 is 16.3. The van der Waals surface area contributed by atoms with Gasteiger partial charge in [-0.05, 0) is 0 Å². The number of carbonyl (C=O) groups excluding carboxylic acids is 1. The zero-order valence-corrected chi connectivity index (χ0v) is 9.50. The second-order valence-electron chi connectivity index (χ2n) is 3.72. The molecule has 2 fully saturated rings. The van der Waals surface area contributed by atoms with E-state index >= 15 is 0 Å². The van der Waals surface area contributed by atoms with Crippen molar-refractivity contribution in [3.05, 3.63) is 0 Å². The molecular formula is C9H16N2O3S. The first-order valence-electron chi connectivity index (χ1n) is 5.24. The number of rotatable bonds is 0. The molecule has 2 aliphatic heterocycles. The van der Waals surface area contributed by atoms with Crippen molar-refractivity contribution in [3.63, 3.8) is 0 Å². The van der Waals surface area contributed by atoms with Gasteiger partial charge in [0.25, 0.3) is 0 Å². The Morgan fingerprint density at radius 1 is 1.00 bits per heavy atom. The molecule has 0 saturated carbocycles. The number of amides is 2. The average Bonchev–Trinajstić information content (AvgIpc) is 2.30. The maximum Gasteiger partial charge on any atom is 0.320 e. The van der Waals surface area contributed by atoms with E-state index in [1.807, 2.05) is 4.90 Å². The first-order chi connectivity index (χ1) is 7.27. The van der Waals surface area contributed by atoms with Crippen LogP contribution in [0.1, 0.15) is 0 Å². The van der Waals surface area contributed by atoms with Gasteiger partial charge >= 0.3 is 6.03 Å². The Morgan fingerprint density at radius 2 is 1.53 bits per heavy atom. The van der Waals surface area contributed by atoms with Crippen LogP contribution in [-0.2, 0) is 15.5 Å². The minimum atomic E-state index is -0.719. The van der Waals surface area contributed by atoms with Gasteiger partial charge in [0, 0.05) is 48.5 Å².